The van der Waals surface area contributed by atoms with Crippen LogP contribution in [-0.4, -0.2) is 29.9 Å². The van der Waals surface area contributed by atoms with Crippen molar-refractivity contribution < 1.29 is 23.8 Å². The van der Waals surface area contributed by atoms with Crippen LogP contribution in [0.3, 0.4) is 0 Å². The molecule has 0 saturated carbocycles. The number of esters is 1. The maximum atomic E-state index is 13.2. The zero-order valence-electron chi connectivity index (χ0n) is 11.0. The molecule has 0 fully saturated rings. The lowest BCUT2D eigenvalue weighted by Gasteiger charge is -2.06. The van der Waals surface area contributed by atoms with Crippen LogP contribution in [0.5, 0.6) is 0 Å². The van der Waals surface area contributed by atoms with E-state index in [1.807, 2.05) is 0 Å². The van der Waals surface area contributed by atoms with E-state index in [1.165, 1.54) is 37.1 Å². The summed E-state index contributed by atoms with van der Waals surface area (Å²) in [7, 11) is 1.34. The Hall–Kier alpha value is -1.82. The van der Waals surface area contributed by atoms with E-state index in [-0.39, 0.29) is 5.97 Å². The second kappa shape index (κ2) is 8.37. The average molecular weight is 298 g/mol. The fraction of sp³-hybridized carbons (Fsp3) is 0.286. The first-order valence-electron chi connectivity index (χ1n) is 5.87. The number of carbonyl (C=O) groups excluding carboxylic acids is 1. The minimum absolute atomic E-state index is 0.275. The van der Waals surface area contributed by atoms with Crippen molar-refractivity contribution in [2.45, 2.75) is 12.2 Å². The van der Waals surface area contributed by atoms with Gasteiger partial charge in [-0.2, -0.15) is 11.8 Å². The number of thioether (sulfide) groups is 1. The number of hydrogen-bond acceptors (Lipinski definition) is 4. The Balaban J connectivity index is 2.64. The van der Waals surface area contributed by atoms with Crippen LogP contribution >= 0.6 is 11.8 Å². The number of carboxylic acid groups (broad SMARTS) is 1. The molecule has 0 spiro atoms. The lowest BCUT2D eigenvalue weighted by atomic mass is 10.1. The molecule has 1 aromatic rings. The molecule has 6 heteroatoms. The molecule has 20 heavy (non-hydrogen) atoms. The second-order valence-electron chi connectivity index (χ2n) is 3.89. The molecule has 108 valence electrons. The topological polar surface area (TPSA) is 63.6 Å². The SMILES string of the molecule is COC(=O)CCSCc1ccc(F)cc1C=CC(=O)O. The van der Waals surface area contributed by atoms with Gasteiger partial charge >= 0.3 is 11.9 Å². The Morgan fingerprint density at radius 3 is 2.85 bits per heavy atom. The molecule has 0 amide bonds. The van der Waals surface area contributed by atoms with E-state index in [0.717, 1.165) is 11.6 Å². The standard InChI is InChI=1S/C14H15FO4S/c1-19-14(18)6-7-20-9-11-2-4-12(15)8-10(11)3-5-13(16)17/h2-5,8H,6-7,9H2,1H3,(H,16,17). The summed E-state index contributed by atoms with van der Waals surface area (Å²) < 4.78 is 17.7. The predicted octanol–water partition coefficient (Wildman–Crippen LogP) is 2.72. The molecule has 0 heterocycles. The first kappa shape index (κ1) is 16.2. The summed E-state index contributed by atoms with van der Waals surface area (Å²) in [4.78, 5) is 21.5. The highest BCUT2D eigenvalue weighted by atomic mass is 32.2. The Kier molecular flexibility index (Phi) is 6.79. The molecule has 0 aromatic heterocycles. The van der Waals surface area contributed by atoms with E-state index in [0.29, 0.717) is 23.5 Å². The normalized spacial score (nSPS) is 10.7. The molecule has 0 unspecified atom stereocenters. The van der Waals surface area contributed by atoms with Gasteiger partial charge in [0.05, 0.1) is 13.5 Å². The summed E-state index contributed by atoms with van der Waals surface area (Å²) in [6.45, 7) is 0. The highest BCUT2D eigenvalue weighted by Gasteiger charge is 2.04. The predicted molar refractivity (Wildman–Crippen MR) is 75.9 cm³/mol. The Bertz CT molecular complexity index is 514. The molecule has 1 N–H and O–H groups in total. The summed E-state index contributed by atoms with van der Waals surface area (Å²) in [6, 6.07) is 4.23. The van der Waals surface area contributed by atoms with Gasteiger partial charge in [-0.15, -0.1) is 0 Å². The van der Waals surface area contributed by atoms with Gasteiger partial charge in [-0.25, -0.2) is 9.18 Å². The zero-order chi connectivity index (χ0) is 15.0. The highest BCUT2D eigenvalue weighted by Crippen LogP contribution is 2.20. The highest BCUT2D eigenvalue weighted by molar-refractivity contribution is 7.98. The van der Waals surface area contributed by atoms with Crippen LogP contribution in [0.1, 0.15) is 17.5 Å². The van der Waals surface area contributed by atoms with E-state index in [4.69, 9.17) is 5.11 Å². The second-order valence-corrected chi connectivity index (χ2v) is 5.00. The molecule has 0 aliphatic carbocycles. The van der Waals surface area contributed by atoms with Crippen LogP contribution in [0.2, 0.25) is 0 Å². The van der Waals surface area contributed by atoms with Crippen LogP contribution in [-0.2, 0) is 20.1 Å². The Labute approximate surface area is 120 Å². The fourth-order valence-electron chi connectivity index (χ4n) is 1.45. The minimum atomic E-state index is -1.08. The van der Waals surface area contributed by atoms with Crippen LogP contribution in [0.4, 0.5) is 4.39 Å². The van der Waals surface area contributed by atoms with Gasteiger partial charge < -0.3 is 9.84 Å². The number of benzene rings is 1. The number of carboxylic acids is 1. The zero-order valence-corrected chi connectivity index (χ0v) is 11.8. The van der Waals surface area contributed by atoms with E-state index in [9.17, 15) is 14.0 Å². The van der Waals surface area contributed by atoms with Crippen molar-refractivity contribution in [2.75, 3.05) is 12.9 Å². The lowest BCUT2D eigenvalue weighted by molar-refractivity contribution is -0.140. The van der Waals surface area contributed by atoms with Gasteiger partial charge in [0.25, 0.3) is 0 Å². The molecule has 0 atom stereocenters. The number of ether oxygens (including phenoxy) is 1. The average Bonchev–Trinajstić information content (AvgIpc) is 2.42. The number of hydrogen-bond donors (Lipinski definition) is 1. The summed E-state index contributed by atoms with van der Waals surface area (Å²) in [5.74, 6) is -0.623. The summed E-state index contributed by atoms with van der Waals surface area (Å²) in [5.41, 5.74) is 1.34. The summed E-state index contributed by atoms with van der Waals surface area (Å²) >= 11 is 1.50. The number of halogens is 1. The molecular formula is C14H15FO4S. The first-order chi connectivity index (χ1) is 9.52. The molecular weight excluding hydrogens is 283 g/mol. The minimum Gasteiger partial charge on any atom is -0.478 e. The molecule has 0 aliphatic rings. The van der Waals surface area contributed by atoms with E-state index in [2.05, 4.69) is 4.74 Å². The quantitative estimate of drug-likeness (QED) is 0.476. The molecule has 0 radical (unpaired) electrons. The first-order valence-corrected chi connectivity index (χ1v) is 7.02. The molecule has 1 rings (SSSR count). The maximum absolute atomic E-state index is 13.2. The molecule has 0 aliphatic heterocycles. The third-order valence-electron chi connectivity index (χ3n) is 2.45. The smallest absolute Gasteiger partial charge is 0.328 e. The Morgan fingerprint density at radius 1 is 1.45 bits per heavy atom. The lowest BCUT2D eigenvalue weighted by Crippen LogP contribution is -2.01. The van der Waals surface area contributed by atoms with Crippen LogP contribution in [0.25, 0.3) is 6.08 Å². The molecule has 1 aromatic carbocycles. The van der Waals surface area contributed by atoms with Crippen LogP contribution < -0.4 is 0 Å². The van der Waals surface area contributed by atoms with Crippen molar-refractivity contribution >= 4 is 29.8 Å². The monoisotopic (exact) mass is 298 g/mol. The van der Waals surface area contributed by atoms with Gasteiger partial charge in [-0.05, 0) is 29.3 Å². The largest absolute Gasteiger partial charge is 0.478 e. The number of aliphatic carboxylic acids is 1. The van der Waals surface area contributed by atoms with Crippen LogP contribution in [0.15, 0.2) is 24.3 Å². The van der Waals surface area contributed by atoms with Crippen molar-refractivity contribution in [3.05, 3.63) is 41.2 Å². The van der Waals surface area contributed by atoms with Crippen LogP contribution in [0, 0.1) is 5.82 Å². The van der Waals surface area contributed by atoms with Crippen molar-refractivity contribution in [3.63, 3.8) is 0 Å². The number of methoxy groups -OCH3 is 1. The van der Waals surface area contributed by atoms with Crippen molar-refractivity contribution in [1.82, 2.24) is 0 Å². The summed E-state index contributed by atoms with van der Waals surface area (Å²) in [5, 5.41) is 8.60. The van der Waals surface area contributed by atoms with Gasteiger partial charge in [-0.1, -0.05) is 6.07 Å². The number of rotatable bonds is 7. The van der Waals surface area contributed by atoms with Gasteiger partial charge in [0, 0.05) is 17.6 Å². The third kappa shape index (κ3) is 5.88. The van der Waals surface area contributed by atoms with Gasteiger partial charge in [0.2, 0.25) is 0 Å². The fourth-order valence-corrected chi connectivity index (χ4v) is 2.39. The van der Waals surface area contributed by atoms with Gasteiger partial charge in [0.15, 0.2) is 0 Å². The maximum Gasteiger partial charge on any atom is 0.328 e. The summed E-state index contributed by atoms with van der Waals surface area (Å²) in [6.07, 6.45) is 2.64. The molecule has 0 saturated heterocycles. The Morgan fingerprint density at radius 2 is 2.20 bits per heavy atom. The van der Waals surface area contributed by atoms with Gasteiger partial charge in [0.1, 0.15) is 5.82 Å². The van der Waals surface area contributed by atoms with E-state index >= 15 is 0 Å². The van der Waals surface area contributed by atoms with Crippen molar-refractivity contribution in [2.24, 2.45) is 0 Å². The molecule has 0 bridgehead atoms. The van der Waals surface area contributed by atoms with Gasteiger partial charge in [-0.3, -0.25) is 4.79 Å². The number of carbonyl (C=O) groups is 2. The van der Waals surface area contributed by atoms with Crippen molar-refractivity contribution in [1.29, 1.82) is 0 Å². The van der Waals surface area contributed by atoms with E-state index < -0.39 is 11.8 Å². The third-order valence-corrected chi connectivity index (χ3v) is 3.46. The van der Waals surface area contributed by atoms with Crippen molar-refractivity contribution in [3.8, 4) is 0 Å². The molecule has 4 nitrogen and oxygen atoms in total. The van der Waals surface area contributed by atoms with E-state index in [1.54, 1.807) is 6.07 Å².